The van der Waals surface area contributed by atoms with Crippen LogP contribution in [-0.2, 0) is 0 Å². The van der Waals surface area contributed by atoms with E-state index >= 15 is 0 Å². The summed E-state index contributed by atoms with van der Waals surface area (Å²) < 4.78 is 0. The third kappa shape index (κ3) is 2.97. The Morgan fingerprint density at radius 2 is 2.00 bits per heavy atom. The summed E-state index contributed by atoms with van der Waals surface area (Å²) in [7, 11) is 0. The Morgan fingerprint density at radius 3 is 2.77 bits per heavy atom. The zero-order chi connectivity index (χ0) is 15.7. The minimum absolute atomic E-state index is 0.140. The second-order valence-electron chi connectivity index (χ2n) is 6.25. The van der Waals surface area contributed by atoms with Gasteiger partial charge in [-0.2, -0.15) is 0 Å². The molecule has 0 bridgehead atoms. The second-order valence-corrected chi connectivity index (χ2v) is 6.25. The average molecular weight is 298 g/mol. The summed E-state index contributed by atoms with van der Waals surface area (Å²) >= 11 is 0. The molecule has 1 saturated carbocycles. The average Bonchev–Trinajstić information content (AvgIpc) is 2.48. The summed E-state index contributed by atoms with van der Waals surface area (Å²) in [6.45, 7) is 3.88. The van der Waals surface area contributed by atoms with Crippen molar-refractivity contribution in [2.45, 2.75) is 51.7 Å². The number of nitrogens with zero attached hydrogens (tertiary/aromatic N) is 1. The van der Waals surface area contributed by atoms with Crippen molar-refractivity contribution < 1.29 is 9.90 Å². The van der Waals surface area contributed by atoms with Gasteiger partial charge in [-0.1, -0.05) is 25.0 Å². The van der Waals surface area contributed by atoms with E-state index < -0.39 is 6.10 Å². The van der Waals surface area contributed by atoms with Crippen LogP contribution in [0.25, 0.3) is 10.9 Å². The Labute approximate surface area is 130 Å². The number of carbonyl (C=O) groups is 1. The molecule has 2 atom stereocenters. The van der Waals surface area contributed by atoms with E-state index in [1.807, 2.05) is 38.1 Å². The molecule has 1 amide bonds. The molecule has 0 spiro atoms. The number of aliphatic hydroxyl groups excluding tert-OH is 1. The van der Waals surface area contributed by atoms with Gasteiger partial charge < -0.3 is 10.4 Å². The van der Waals surface area contributed by atoms with Crippen molar-refractivity contribution in [1.29, 1.82) is 0 Å². The maximum absolute atomic E-state index is 12.5. The van der Waals surface area contributed by atoms with E-state index in [1.165, 1.54) is 0 Å². The van der Waals surface area contributed by atoms with Gasteiger partial charge in [0, 0.05) is 5.39 Å². The van der Waals surface area contributed by atoms with Crippen molar-refractivity contribution in [3.8, 4) is 0 Å². The van der Waals surface area contributed by atoms with Crippen LogP contribution in [-0.4, -0.2) is 28.1 Å². The molecule has 4 heteroatoms. The van der Waals surface area contributed by atoms with Crippen LogP contribution in [0.4, 0.5) is 0 Å². The fourth-order valence-corrected chi connectivity index (χ4v) is 3.13. The highest BCUT2D eigenvalue weighted by atomic mass is 16.3. The molecule has 1 aromatic carbocycles. The maximum Gasteiger partial charge on any atom is 0.253 e. The molecule has 0 aliphatic heterocycles. The monoisotopic (exact) mass is 298 g/mol. The lowest BCUT2D eigenvalue weighted by Crippen LogP contribution is -2.45. The molecule has 22 heavy (non-hydrogen) atoms. The molecule has 2 unspecified atom stereocenters. The SMILES string of the molecule is Cc1ccc2cc(C(=O)NC3CCCCC3O)c(C)nc2c1. The Kier molecular flexibility index (Phi) is 4.12. The first kappa shape index (κ1) is 15.0. The topological polar surface area (TPSA) is 62.2 Å². The zero-order valence-electron chi connectivity index (χ0n) is 13.1. The van der Waals surface area contributed by atoms with Crippen LogP contribution in [0, 0.1) is 13.8 Å². The molecule has 1 fully saturated rings. The van der Waals surface area contributed by atoms with Crippen molar-refractivity contribution >= 4 is 16.8 Å². The number of aryl methyl sites for hydroxylation is 2. The van der Waals surface area contributed by atoms with Gasteiger partial charge in [-0.25, -0.2) is 0 Å². The van der Waals surface area contributed by atoms with E-state index in [0.717, 1.165) is 47.8 Å². The first-order valence-corrected chi connectivity index (χ1v) is 7.91. The highest BCUT2D eigenvalue weighted by molar-refractivity contribution is 5.98. The van der Waals surface area contributed by atoms with Gasteiger partial charge in [0.15, 0.2) is 0 Å². The highest BCUT2D eigenvalue weighted by Gasteiger charge is 2.25. The van der Waals surface area contributed by atoms with Crippen LogP contribution in [0.2, 0.25) is 0 Å². The first-order chi connectivity index (χ1) is 10.5. The van der Waals surface area contributed by atoms with Gasteiger partial charge in [0.05, 0.1) is 28.9 Å². The fraction of sp³-hybridized carbons (Fsp3) is 0.444. The number of nitrogens with one attached hydrogen (secondary N) is 1. The minimum Gasteiger partial charge on any atom is -0.391 e. The predicted molar refractivity (Wildman–Crippen MR) is 86.9 cm³/mol. The van der Waals surface area contributed by atoms with Gasteiger partial charge in [0.2, 0.25) is 0 Å². The quantitative estimate of drug-likeness (QED) is 0.896. The molecule has 1 aromatic heterocycles. The first-order valence-electron chi connectivity index (χ1n) is 7.91. The number of rotatable bonds is 2. The van der Waals surface area contributed by atoms with Gasteiger partial charge in [0.1, 0.15) is 0 Å². The number of fused-ring (bicyclic) bond motifs is 1. The van der Waals surface area contributed by atoms with E-state index in [-0.39, 0.29) is 11.9 Å². The second kappa shape index (κ2) is 6.05. The lowest BCUT2D eigenvalue weighted by molar-refractivity contribution is 0.0716. The number of amides is 1. The number of aliphatic hydroxyl groups is 1. The van der Waals surface area contributed by atoms with Crippen molar-refractivity contribution in [3.63, 3.8) is 0 Å². The van der Waals surface area contributed by atoms with Crippen molar-refractivity contribution in [2.75, 3.05) is 0 Å². The predicted octanol–water partition coefficient (Wildman–Crippen LogP) is 2.88. The lowest BCUT2D eigenvalue weighted by atomic mass is 9.92. The van der Waals surface area contributed by atoms with Crippen LogP contribution in [0.1, 0.15) is 47.3 Å². The Bertz CT molecular complexity index is 712. The maximum atomic E-state index is 12.5. The van der Waals surface area contributed by atoms with Crippen LogP contribution in [0.3, 0.4) is 0 Å². The van der Waals surface area contributed by atoms with Gasteiger partial charge >= 0.3 is 0 Å². The molecule has 1 heterocycles. The van der Waals surface area contributed by atoms with Gasteiger partial charge in [-0.05, 0) is 44.4 Å². The largest absolute Gasteiger partial charge is 0.391 e. The Balaban J connectivity index is 1.87. The summed E-state index contributed by atoms with van der Waals surface area (Å²) in [4.78, 5) is 17.1. The van der Waals surface area contributed by atoms with E-state index in [4.69, 9.17) is 0 Å². The lowest BCUT2D eigenvalue weighted by Gasteiger charge is -2.28. The third-order valence-electron chi connectivity index (χ3n) is 4.45. The number of pyridine rings is 1. The van der Waals surface area contributed by atoms with Crippen molar-refractivity contribution in [3.05, 3.63) is 41.1 Å². The number of hydrogen-bond acceptors (Lipinski definition) is 3. The molecule has 4 nitrogen and oxygen atoms in total. The van der Waals surface area contributed by atoms with Gasteiger partial charge in [-0.15, -0.1) is 0 Å². The van der Waals surface area contributed by atoms with Crippen LogP contribution < -0.4 is 5.32 Å². The Hall–Kier alpha value is -1.94. The summed E-state index contributed by atoms with van der Waals surface area (Å²) in [6, 6.07) is 7.78. The summed E-state index contributed by atoms with van der Waals surface area (Å²) in [5.41, 5.74) is 3.38. The molecule has 3 rings (SSSR count). The van der Waals surface area contributed by atoms with Crippen molar-refractivity contribution in [2.24, 2.45) is 0 Å². The molecule has 1 aliphatic rings. The Morgan fingerprint density at radius 1 is 1.23 bits per heavy atom. The van der Waals surface area contributed by atoms with Gasteiger partial charge in [-0.3, -0.25) is 9.78 Å². The van der Waals surface area contributed by atoms with Gasteiger partial charge in [0.25, 0.3) is 5.91 Å². The molecular weight excluding hydrogens is 276 g/mol. The highest BCUT2D eigenvalue weighted by Crippen LogP contribution is 2.21. The van der Waals surface area contributed by atoms with Crippen LogP contribution >= 0.6 is 0 Å². The van der Waals surface area contributed by atoms with E-state index in [0.29, 0.717) is 5.56 Å². The van der Waals surface area contributed by atoms with E-state index in [1.54, 1.807) is 0 Å². The fourth-order valence-electron chi connectivity index (χ4n) is 3.13. The third-order valence-corrected chi connectivity index (χ3v) is 4.45. The standard InChI is InChI=1S/C18H22N2O2/c1-11-7-8-13-10-14(12(2)19-16(13)9-11)18(22)20-15-5-3-4-6-17(15)21/h7-10,15,17,21H,3-6H2,1-2H3,(H,20,22). The number of aromatic nitrogens is 1. The molecule has 0 radical (unpaired) electrons. The van der Waals surface area contributed by atoms with Crippen molar-refractivity contribution in [1.82, 2.24) is 10.3 Å². The zero-order valence-corrected chi connectivity index (χ0v) is 13.1. The molecule has 1 aliphatic carbocycles. The number of benzene rings is 1. The summed E-state index contributed by atoms with van der Waals surface area (Å²) in [5, 5.41) is 13.9. The van der Waals surface area contributed by atoms with E-state index in [2.05, 4.69) is 10.3 Å². The molecule has 116 valence electrons. The molecule has 0 saturated heterocycles. The smallest absolute Gasteiger partial charge is 0.253 e. The minimum atomic E-state index is -0.436. The number of hydrogen-bond donors (Lipinski definition) is 2. The number of carbonyl (C=O) groups excluding carboxylic acids is 1. The molecular formula is C18H22N2O2. The van der Waals surface area contributed by atoms with E-state index in [9.17, 15) is 9.90 Å². The molecule has 2 aromatic rings. The summed E-state index contributed by atoms with van der Waals surface area (Å²) in [6.07, 6.45) is 3.25. The van der Waals surface area contributed by atoms with Crippen LogP contribution in [0.15, 0.2) is 24.3 Å². The molecule has 2 N–H and O–H groups in total. The normalized spacial score (nSPS) is 21.8. The summed E-state index contributed by atoms with van der Waals surface area (Å²) in [5.74, 6) is -0.140. The van der Waals surface area contributed by atoms with Crippen LogP contribution in [0.5, 0.6) is 0 Å².